The molecule has 0 aromatic heterocycles. The highest BCUT2D eigenvalue weighted by molar-refractivity contribution is 5.94. The van der Waals surface area contributed by atoms with Crippen LogP contribution in [0.15, 0.2) is 18.2 Å². The van der Waals surface area contributed by atoms with Gasteiger partial charge in [0, 0.05) is 24.7 Å². The average molecular weight is 274 g/mol. The molecule has 1 aliphatic rings. The first-order valence-electron chi connectivity index (χ1n) is 7.63. The maximum Gasteiger partial charge on any atom is 0.251 e. The number of benzene rings is 1. The van der Waals surface area contributed by atoms with Crippen LogP contribution < -0.4 is 5.32 Å². The number of aryl methyl sites for hydroxylation is 2. The predicted molar refractivity (Wildman–Crippen MR) is 83.1 cm³/mol. The molecular formula is C17H26N2O. The van der Waals surface area contributed by atoms with Gasteiger partial charge in [-0.25, -0.2) is 0 Å². The Morgan fingerprint density at radius 1 is 1.25 bits per heavy atom. The summed E-state index contributed by atoms with van der Waals surface area (Å²) < 4.78 is 0. The lowest BCUT2D eigenvalue weighted by molar-refractivity contribution is 0.0947. The molecule has 0 atom stereocenters. The van der Waals surface area contributed by atoms with Crippen molar-refractivity contribution in [3.05, 3.63) is 34.9 Å². The van der Waals surface area contributed by atoms with Gasteiger partial charge < -0.3 is 10.2 Å². The molecule has 1 amide bonds. The van der Waals surface area contributed by atoms with E-state index < -0.39 is 0 Å². The Hall–Kier alpha value is -1.35. The van der Waals surface area contributed by atoms with Crippen LogP contribution in [0.4, 0.5) is 0 Å². The largest absolute Gasteiger partial charge is 0.351 e. The van der Waals surface area contributed by atoms with Crippen LogP contribution in [0, 0.1) is 13.8 Å². The van der Waals surface area contributed by atoms with Gasteiger partial charge in [0.05, 0.1) is 0 Å². The Morgan fingerprint density at radius 3 is 2.60 bits per heavy atom. The van der Waals surface area contributed by atoms with Gasteiger partial charge in [-0.05, 0) is 57.0 Å². The first-order chi connectivity index (χ1) is 9.58. The van der Waals surface area contributed by atoms with E-state index in [4.69, 9.17) is 0 Å². The Kier molecular flexibility index (Phi) is 5.18. The summed E-state index contributed by atoms with van der Waals surface area (Å²) in [6, 6.07) is 6.59. The standard InChI is InChI=1S/C17H26N2O/c1-13-8-9-15(12-14(13)2)17(20)18-10-11-19(3)16-6-4-5-7-16/h8-9,12,16H,4-7,10-11H2,1-3H3,(H,18,20). The fourth-order valence-corrected chi connectivity index (χ4v) is 2.86. The summed E-state index contributed by atoms with van der Waals surface area (Å²) in [7, 11) is 2.16. The molecule has 0 bridgehead atoms. The highest BCUT2D eigenvalue weighted by Crippen LogP contribution is 2.21. The van der Waals surface area contributed by atoms with Crippen LogP contribution in [0.3, 0.4) is 0 Å². The lowest BCUT2D eigenvalue weighted by atomic mass is 10.1. The first kappa shape index (κ1) is 15.0. The molecule has 0 unspecified atom stereocenters. The number of rotatable bonds is 5. The monoisotopic (exact) mass is 274 g/mol. The van der Waals surface area contributed by atoms with Crippen molar-refractivity contribution in [2.75, 3.05) is 20.1 Å². The Labute approximate surface area is 122 Å². The number of hydrogen-bond acceptors (Lipinski definition) is 2. The number of amides is 1. The van der Waals surface area contributed by atoms with Crippen LogP contribution in [0.2, 0.25) is 0 Å². The zero-order valence-electron chi connectivity index (χ0n) is 12.9. The third-order valence-electron chi connectivity index (χ3n) is 4.47. The van der Waals surface area contributed by atoms with Gasteiger partial charge in [0.15, 0.2) is 0 Å². The minimum atomic E-state index is 0.0351. The molecule has 0 heterocycles. The minimum Gasteiger partial charge on any atom is -0.351 e. The van der Waals surface area contributed by atoms with Crippen LogP contribution in [0.25, 0.3) is 0 Å². The van der Waals surface area contributed by atoms with E-state index in [9.17, 15) is 4.79 Å². The van der Waals surface area contributed by atoms with Crippen molar-refractivity contribution < 1.29 is 4.79 Å². The molecule has 0 radical (unpaired) electrons. The highest BCUT2D eigenvalue weighted by Gasteiger charge is 2.19. The second-order valence-corrected chi connectivity index (χ2v) is 5.97. The normalized spacial score (nSPS) is 15.8. The molecular weight excluding hydrogens is 248 g/mol. The van der Waals surface area contributed by atoms with Gasteiger partial charge in [0.2, 0.25) is 0 Å². The van der Waals surface area contributed by atoms with Crippen LogP contribution in [-0.2, 0) is 0 Å². The minimum absolute atomic E-state index is 0.0351. The molecule has 3 heteroatoms. The van der Waals surface area contributed by atoms with Gasteiger partial charge in [-0.3, -0.25) is 4.79 Å². The second-order valence-electron chi connectivity index (χ2n) is 5.97. The highest BCUT2D eigenvalue weighted by atomic mass is 16.1. The Bertz CT molecular complexity index is 464. The Balaban J connectivity index is 1.78. The summed E-state index contributed by atoms with van der Waals surface area (Å²) in [5.74, 6) is 0.0351. The van der Waals surface area contributed by atoms with Gasteiger partial charge in [0.25, 0.3) is 5.91 Å². The van der Waals surface area contributed by atoms with E-state index in [2.05, 4.69) is 24.2 Å². The summed E-state index contributed by atoms with van der Waals surface area (Å²) >= 11 is 0. The molecule has 2 rings (SSSR count). The van der Waals surface area contributed by atoms with Gasteiger partial charge in [0.1, 0.15) is 0 Å². The van der Waals surface area contributed by atoms with Crippen molar-refractivity contribution in [3.8, 4) is 0 Å². The van der Waals surface area contributed by atoms with Crippen molar-refractivity contribution in [3.63, 3.8) is 0 Å². The summed E-state index contributed by atoms with van der Waals surface area (Å²) in [5.41, 5.74) is 3.15. The molecule has 1 saturated carbocycles. The number of carbonyl (C=O) groups is 1. The number of carbonyl (C=O) groups excluding carboxylic acids is 1. The summed E-state index contributed by atoms with van der Waals surface area (Å²) in [4.78, 5) is 14.5. The summed E-state index contributed by atoms with van der Waals surface area (Å²) in [6.45, 7) is 5.76. The third-order valence-corrected chi connectivity index (χ3v) is 4.47. The smallest absolute Gasteiger partial charge is 0.251 e. The topological polar surface area (TPSA) is 32.3 Å². The van der Waals surface area contributed by atoms with E-state index in [0.29, 0.717) is 6.04 Å². The maximum absolute atomic E-state index is 12.1. The van der Waals surface area contributed by atoms with E-state index in [1.807, 2.05) is 25.1 Å². The number of likely N-dealkylation sites (N-methyl/N-ethyl adjacent to an activating group) is 1. The van der Waals surface area contributed by atoms with Gasteiger partial charge in [-0.15, -0.1) is 0 Å². The number of nitrogens with zero attached hydrogens (tertiary/aromatic N) is 1. The fourth-order valence-electron chi connectivity index (χ4n) is 2.86. The van der Waals surface area contributed by atoms with E-state index in [1.54, 1.807) is 0 Å². The van der Waals surface area contributed by atoms with E-state index in [-0.39, 0.29) is 5.91 Å². The van der Waals surface area contributed by atoms with Crippen LogP contribution in [0.5, 0.6) is 0 Å². The predicted octanol–water partition coefficient (Wildman–Crippen LogP) is 2.91. The van der Waals surface area contributed by atoms with Gasteiger partial charge in [-0.2, -0.15) is 0 Å². The van der Waals surface area contributed by atoms with Gasteiger partial charge >= 0.3 is 0 Å². The molecule has 0 spiro atoms. The SMILES string of the molecule is Cc1ccc(C(=O)NCCN(C)C2CCCC2)cc1C. The first-order valence-corrected chi connectivity index (χ1v) is 7.63. The van der Waals surface area contributed by atoms with Crippen LogP contribution in [0.1, 0.15) is 47.2 Å². The molecule has 20 heavy (non-hydrogen) atoms. The average Bonchev–Trinajstić information content (AvgIpc) is 2.95. The molecule has 1 aromatic rings. The van der Waals surface area contributed by atoms with Crippen molar-refractivity contribution in [2.45, 2.75) is 45.6 Å². The molecule has 3 nitrogen and oxygen atoms in total. The quantitative estimate of drug-likeness (QED) is 0.895. The van der Waals surface area contributed by atoms with Crippen LogP contribution in [-0.4, -0.2) is 37.0 Å². The Morgan fingerprint density at radius 2 is 1.95 bits per heavy atom. The maximum atomic E-state index is 12.1. The summed E-state index contributed by atoms with van der Waals surface area (Å²) in [5, 5.41) is 3.02. The van der Waals surface area contributed by atoms with Crippen molar-refractivity contribution in [2.24, 2.45) is 0 Å². The van der Waals surface area contributed by atoms with E-state index >= 15 is 0 Å². The second kappa shape index (κ2) is 6.89. The van der Waals surface area contributed by atoms with E-state index in [1.165, 1.54) is 36.8 Å². The van der Waals surface area contributed by atoms with Crippen molar-refractivity contribution in [1.29, 1.82) is 0 Å². The van der Waals surface area contributed by atoms with Crippen LogP contribution >= 0.6 is 0 Å². The summed E-state index contributed by atoms with van der Waals surface area (Å²) in [6.07, 6.45) is 5.32. The fraction of sp³-hybridized carbons (Fsp3) is 0.588. The lowest BCUT2D eigenvalue weighted by Gasteiger charge is -2.23. The molecule has 0 aliphatic heterocycles. The molecule has 1 aromatic carbocycles. The third kappa shape index (κ3) is 3.83. The van der Waals surface area contributed by atoms with Crippen molar-refractivity contribution >= 4 is 5.91 Å². The number of hydrogen-bond donors (Lipinski definition) is 1. The zero-order chi connectivity index (χ0) is 14.5. The molecule has 0 saturated heterocycles. The molecule has 1 N–H and O–H groups in total. The molecule has 1 aliphatic carbocycles. The van der Waals surface area contributed by atoms with E-state index in [0.717, 1.165) is 18.7 Å². The zero-order valence-corrected chi connectivity index (χ0v) is 12.9. The van der Waals surface area contributed by atoms with Crippen molar-refractivity contribution in [1.82, 2.24) is 10.2 Å². The molecule has 1 fully saturated rings. The number of nitrogens with one attached hydrogen (secondary N) is 1. The molecule has 110 valence electrons. The van der Waals surface area contributed by atoms with Gasteiger partial charge in [-0.1, -0.05) is 18.9 Å². The lowest BCUT2D eigenvalue weighted by Crippen LogP contribution is -2.37.